The summed E-state index contributed by atoms with van der Waals surface area (Å²) in [7, 11) is 1.91. The van der Waals surface area contributed by atoms with Crippen molar-refractivity contribution < 1.29 is 9.53 Å². The predicted octanol–water partition coefficient (Wildman–Crippen LogP) is 0.693. The van der Waals surface area contributed by atoms with Gasteiger partial charge in [-0.15, -0.1) is 0 Å². The van der Waals surface area contributed by atoms with Crippen LogP contribution < -0.4 is 10.1 Å². The first-order valence-electron chi connectivity index (χ1n) is 6.48. The lowest BCUT2D eigenvalue weighted by Crippen LogP contribution is -2.35. The van der Waals surface area contributed by atoms with E-state index in [1.807, 2.05) is 24.9 Å². The van der Waals surface area contributed by atoms with Crippen molar-refractivity contribution in [2.75, 3.05) is 13.6 Å². The van der Waals surface area contributed by atoms with Gasteiger partial charge in [0.1, 0.15) is 11.6 Å². The molecule has 0 radical (unpaired) electrons. The smallest absolute Gasteiger partial charge is 0.218 e. The molecule has 1 aliphatic rings. The lowest BCUT2D eigenvalue weighted by Gasteiger charge is -2.26. The molecule has 0 aromatic carbocycles. The Morgan fingerprint density at radius 3 is 3.20 bits per heavy atom. The summed E-state index contributed by atoms with van der Waals surface area (Å²) in [6.45, 7) is 3.02. The van der Waals surface area contributed by atoms with Crippen LogP contribution >= 0.6 is 0 Å². The molecule has 0 bridgehead atoms. The number of hydrogen-bond donors (Lipinski definition) is 1. The van der Waals surface area contributed by atoms with E-state index >= 15 is 0 Å². The van der Waals surface area contributed by atoms with Crippen LogP contribution in [0.1, 0.15) is 18.9 Å². The number of nitrogens with zero attached hydrogens (tertiary/aromatic N) is 3. The maximum absolute atomic E-state index is 10.4. The molecule has 2 atom stereocenters. The van der Waals surface area contributed by atoms with E-state index in [2.05, 4.69) is 16.4 Å². The van der Waals surface area contributed by atoms with Crippen molar-refractivity contribution in [3.8, 4) is 11.9 Å². The highest BCUT2D eigenvalue weighted by molar-refractivity contribution is 5.46. The Morgan fingerprint density at radius 2 is 2.55 bits per heavy atom. The summed E-state index contributed by atoms with van der Waals surface area (Å²) in [6.07, 6.45) is 2.94. The second kappa shape index (κ2) is 5.88. The molecule has 20 heavy (non-hydrogen) atoms. The van der Waals surface area contributed by atoms with E-state index in [4.69, 9.17) is 10.00 Å². The summed E-state index contributed by atoms with van der Waals surface area (Å²) in [4.78, 5) is 16.6. The van der Waals surface area contributed by atoms with Crippen molar-refractivity contribution in [3.05, 3.63) is 23.9 Å². The maximum Gasteiger partial charge on any atom is 0.218 e. The number of aromatic nitrogens is 1. The van der Waals surface area contributed by atoms with E-state index in [9.17, 15) is 4.79 Å². The minimum Gasteiger partial charge on any atom is -0.470 e. The Kier molecular flexibility index (Phi) is 4.20. The first kappa shape index (κ1) is 14.3. The number of amides is 1. The van der Waals surface area contributed by atoms with Crippen molar-refractivity contribution in [2.45, 2.75) is 31.5 Å². The quantitative estimate of drug-likeness (QED) is 0.799. The van der Waals surface area contributed by atoms with Gasteiger partial charge < -0.3 is 10.1 Å². The third kappa shape index (κ3) is 3.06. The third-order valence-corrected chi connectivity index (χ3v) is 3.46. The molecule has 1 N–H and O–H groups in total. The molecule has 6 heteroatoms. The standard InChI is InChI=1S/C14H18N4O2/c1-14(6-12(7-15)18(2)9-14)20-13-11(8-16-10-19)4-3-5-17-13/h3-5,10,12H,6,8-9H2,1-2H3,(H,16,19). The molecule has 0 spiro atoms. The number of nitriles is 1. The molecular weight excluding hydrogens is 256 g/mol. The van der Waals surface area contributed by atoms with E-state index in [1.165, 1.54) is 0 Å². The van der Waals surface area contributed by atoms with E-state index in [-0.39, 0.29) is 6.04 Å². The van der Waals surface area contributed by atoms with Gasteiger partial charge in [-0.05, 0) is 20.0 Å². The normalized spacial score (nSPS) is 25.9. The highest BCUT2D eigenvalue weighted by Crippen LogP contribution is 2.31. The van der Waals surface area contributed by atoms with Gasteiger partial charge in [0.2, 0.25) is 12.3 Å². The largest absolute Gasteiger partial charge is 0.470 e. The second-order valence-electron chi connectivity index (χ2n) is 5.28. The van der Waals surface area contributed by atoms with Gasteiger partial charge in [-0.3, -0.25) is 9.69 Å². The minimum atomic E-state index is -0.445. The van der Waals surface area contributed by atoms with Crippen molar-refractivity contribution in [3.63, 3.8) is 0 Å². The molecule has 0 aliphatic carbocycles. The first-order valence-corrected chi connectivity index (χ1v) is 6.48. The van der Waals surface area contributed by atoms with Gasteiger partial charge in [-0.2, -0.15) is 5.26 Å². The van der Waals surface area contributed by atoms with Crippen LogP contribution in [0.2, 0.25) is 0 Å². The lowest BCUT2D eigenvalue weighted by molar-refractivity contribution is -0.109. The van der Waals surface area contributed by atoms with E-state index in [1.54, 1.807) is 12.3 Å². The van der Waals surface area contributed by atoms with Crippen LogP contribution in [-0.4, -0.2) is 41.5 Å². The third-order valence-electron chi connectivity index (χ3n) is 3.46. The lowest BCUT2D eigenvalue weighted by atomic mass is 10.0. The fraction of sp³-hybridized carbons (Fsp3) is 0.500. The summed E-state index contributed by atoms with van der Waals surface area (Å²) in [5.74, 6) is 0.510. The number of likely N-dealkylation sites (tertiary alicyclic amines) is 1. The van der Waals surface area contributed by atoms with Crippen LogP contribution in [0.3, 0.4) is 0 Å². The van der Waals surface area contributed by atoms with Gasteiger partial charge in [0.05, 0.1) is 6.07 Å². The van der Waals surface area contributed by atoms with Crippen molar-refractivity contribution in [1.82, 2.24) is 15.2 Å². The van der Waals surface area contributed by atoms with Crippen LogP contribution in [0.5, 0.6) is 5.88 Å². The molecule has 6 nitrogen and oxygen atoms in total. The number of rotatable bonds is 5. The average molecular weight is 274 g/mol. The number of pyridine rings is 1. The van der Waals surface area contributed by atoms with Crippen molar-refractivity contribution >= 4 is 6.41 Å². The van der Waals surface area contributed by atoms with Crippen LogP contribution in [0.4, 0.5) is 0 Å². The van der Waals surface area contributed by atoms with Crippen LogP contribution in [0.25, 0.3) is 0 Å². The topological polar surface area (TPSA) is 78.2 Å². The van der Waals surface area contributed by atoms with Gasteiger partial charge in [-0.25, -0.2) is 4.98 Å². The van der Waals surface area contributed by atoms with E-state index < -0.39 is 5.60 Å². The van der Waals surface area contributed by atoms with Gasteiger partial charge in [0.25, 0.3) is 0 Å². The summed E-state index contributed by atoms with van der Waals surface area (Å²) < 4.78 is 6.03. The van der Waals surface area contributed by atoms with Crippen molar-refractivity contribution in [2.24, 2.45) is 0 Å². The molecular formula is C14H18N4O2. The molecule has 2 rings (SSSR count). The van der Waals surface area contributed by atoms with Gasteiger partial charge in [-0.1, -0.05) is 6.07 Å². The van der Waals surface area contributed by atoms with E-state index in [0.717, 1.165) is 5.56 Å². The zero-order valence-electron chi connectivity index (χ0n) is 11.7. The second-order valence-corrected chi connectivity index (χ2v) is 5.28. The van der Waals surface area contributed by atoms with Gasteiger partial charge >= 0.3 is 0 Å². The molecule has 1 aliphatic heterocycles. The number of hydrogen-bond acceptors (Lipinski definition) is 5. The number of ether oxygens (including phenoxy) is 1. The average Bonchev–Trinajstić information content (AvgIpc) is 2.72. The number of nitrogens with one attached hydrogen (secondary N) is 1. The molecule has 106 valence electrons. The molecule has 2 unspecified atom stereocenters. The van der Waals surface area contributed by atoms with Crippen LogP contribution in [0, 0.1) is 11.3 Å². The highest BCUT2D eigenvalue weighted by atomic mass is 16.5. The molecule has 1 saturated heterocycles. The maximum atomic E-state index is 10.4. The van der Waals surface area contributed by atoms with Crippen LogP contribution in [-0.2, 0) is 11.3 Å². The Bertz CT molecular complexity index is 528. The molecule has 1 fully saturated rings. The SMILES string of the molecule is CN1CC(C)(Oc2ncccc2CNC=O)CC1C#N. The highest BCUT2D eigenvalue weighted by Gasteiger charge is 2.41. The summed E-state index contributed by atoms with van der Waals surface area (Å²) in [5, 5.41) is 11.7. The van der Waals surface area contributed by atoms with E-state index in [0.29, 0.717) is 31.8 Å². The molecule has 0 saturated carbocycles. The Labute approximate surface area is 118 Å². The zero-order chi connectivity index (χ0) is 14.6. The Morgan fingerprint density at radius 1 is 1.75 bits per heavy atom. The summed E-state index contributed by atoms with van der Waals surface area (Å²) in [6, 6.07) is 5.80. The number of carbonyl (C=O) groups excluding carboxylic acids is 1. The monoisotopic (exact) mass is 274 g/mol. The molecule has 1 aromatic heterocycles. The number of carbonyl (C=O) groups is 1. The van der Waals surface area contributed by atoms with Gasteiger partial charge in [0, 0.05) is 31.3 Å². The molecule has 2 heterocycles. The fourth-order valence-corrected chi connectivity index (χ4v) is 2.52. The summed E-state index contributed by atoms with van der Waals surface area (Å²) in [5.41, 5.74) is 0.378. The Balaban J connectivity index is 2.14. The molecule has 1 amide bonds. The van der Waals surface area contributed by atoms with Gasteiger partial charge in [0.15, 0.2) is 0 Å². The van der Waals surface area contributed by atoms with Crippen LogP contribution in [0.15, 0.2) is 18.3 Å². The Hall–Kier alpha value is -2.13. The first-order chi connectivity index (χ1) is 9.58. The number of likely N-dealkylation sites (N-methyl/N-ethyl adjacent to an activating group) is 1. The minimum absolute atomic E-state index is 0.139. The zero-order valence-corrected chi connectivity index (χ0v) is 11.7. The fourth-order valence-electron chi connectivity index (χ4n) is 2.52. The summed E-state index contributed by atoms with van der Waals surface area (Å²) >= 11 is 0. The predicted molar refractivity (Wildman–Crippen MR) is 72.8 cm³/mol. The molecule has 1 aromatic rings. The van der Waals surface area contributed by atoms with Crippen molar-refractivity contribution in [1.29, 1.82) is 5.26 Å².